The molecule has 0 saturated heterocycles. The van der Waals surface area contributed by atoms with Crippen LogP contribution in [0.4, 0.5) is 10.1 Å². The Kier molecular flexibility index (Phi) is 9.53. The van der Waals surface area contributed by atoms with Gasteiger partial charge in [-0.05, 0) is 79.9 Å². The van der Waals surface area contributed by atoms with Crippen LogP contribution in [-0.4, -0.2) is 11.5 Å². The molecular formula is C31H33Cl2FN2. The summed E-state index contributed by atoms with van der Waals surface area (Å²) in [6.45, 7) is 11.4. The van der Waals surface area contributed by atoms with Gasteiger partial charge in [0.1, 0.15) is 5.82 Å². The molecule has 0 saturated carbocycles. The van der Waals surface area contributed by atoms with Crippen molar-refractivity contribution < 1.29 is 4.39 Å². The molecule has 2 nitrogen and oxygen atoms in total. The predicted molar refractivity (Wildman–Crippen MR) is 154 cm³/mol. The number of fused-ring (bicyclic) bond motifs is 1. The lowest BCUT2D eigenvalue weighted by molar-refractivity contribution is 0.586. The fourth-order valence-electron chi connectivity index (χ4n) is 4.36. The largest absolute Gasteiger partial charge is 0.345 e. The van der Waals surface area contributed by atoms with Gasteiger partial charge in [0.05, 0.1) is 15.6 Å². The number of aromatic nitrogens is 1. The molecular weight excluding hydrogens is 490 g/mol. The van der Waals surface area contributed by atoms with E-state index in [0.29, 0.717) is 10.0 Å². The van der Waals surface area contributed by atoms with Gasteiger partial charge < -0.3 is 4.90 Å². The first-order valence-electron chi connectivity index (χ1n) is 12.1. The van der Waals surface area contributed by atoms with Gasteiger partial charge in [-0.2, -0.15) is 0 Å². The maximum atomic E-state index is 13.3. The minimum atomic E-state index is -0.285. The minimum Gasteiger partial charge on any atom is -0.345 e. The Bertz CT molecular complexity index is 1320. The summed E-state index contributed by atoms with van der Waals surface area (Å²) in [6, 6.07) is 22.6. The maximum Gasteiger partial charge on any atom is 0.123 e. The highest BCUT2D eigenvalue weighted by Crippen LogP contribution is 2.38. The van der Waals surface area contributed by atoms with E-state index in [4.69, 9.17) is 23.2 Å². The Morgan fingerprint density at radius 2 is 1.67 bits per heavy atom. The third kappa shape index (κ3) is 6.46. The molecule has 1 aromatic heterocycles. The van der Waals surface area contributed by atoms with Gasteiger partial charge in [-0.1, -0.05) is 74.3 Å². The summed E-state index contributed by atoms with van der Waals surface area (Å²) in [5.74, 6) is -0.231. The fraction of sp³-hybridized carbons (Fsp3) is 0.258. The summed E-state index contributed by atoms with van der Waals surface area (Å²) in [7, 11) is 0. The molecule has 0 aliphatic carbocycles. The van der Waals surface area contributed by atoms with E-state index < -0.39 is 0 Å². The topological polar surface area (TPSA) is 16.1 Å². The number of aryl methyl sites for hydroxylation is 1. The van der Waals surface area contributed by atoms with Crippen LogP contribution in [0.2, 0.25) is 10.0 Å². The molecule has 36 heavy (non-hydrogen) atoms. The zero-order valence-electron chi connectivity index (χ0n) is 21.5. The third-order valence-electron chi connectivity index (χ3n) is 6.30. The summed E-state index contributed by atoms with van der Waals surface area (Å²) >= 11 is 12.3. The van der Waals surface area contributed by atoms with Crippen LogP contribution in [0.5, 0.6) is 0 Å². The molecule has 5 heteroatoms. The lowest BCUT2D eigenvalue weighted by Crippen LogP contribution is -2.35. The highest BCUT2D eigenvalue weighted by atomic mass is 35.5. The Morgan fingerprint density at radius 1 is 0.972 bits per heavy atom. The molecule has 0 N–H and O–H groups in total. The van der Waals surface area contributed by atoms with E-state index in [2.05, 4.69) is 49.7 Å². The summed E-state index contributed by atoms with van der Waals surface area (Å²) in [5, 5.41) is 2.34. The van der Waals surface area contributed by atoms with Crippen LogP contribution in [0.25, 0.3) is 10.9 Å². The smallest absolute Gasteiger partial charge is 0.123 e. The first-order chi connectivity index (χ1) is 17.2. The lowest BCUT2D eigenvalue weighted by atomic mass is 9.80. The molecule has 0 unspecified atom stereocenters. The zero-order valence-corrected chi connectivity index (χ0v) is 23.0. The van der Waals surface area contributed by atoms with Crippen molar-refractivity contribution in [3.63, 3.8) is 0 Å². The fourth-order valence-corrected chi connectivity index (χ4v) is 4.66. The molecule has 0 amide bonds. The monoisotopic (exact) mass is 522 g/mol. The molecule has 0 radical (unpaired) electrons. The maximum absolute atomic E-state index is 13.3. The Labute approximate surface area is 224 Å². The van der Waals surface area contributed by atoms with Crippen molar-refractivity contribution in [3.8, 4) is 0 Å². The third-order valence-corrected chi connectivity index (χ3v) is 7.04. The molecule has 0 aliphatic rings. The van der Waals surface area contributed by atoms with E-state index in [1.807, 2.05) is 67.7 Å². The van der Waals surface area contributed by atoms with E-state index in [0.717, 1.165) is 35.4 Å². The molecule has 1 heterocycles. The van der Waals surface area contributed by atoms with Gasteiger partial charge >= 0.3 is 0 Å². The van der Waals surface area contributed by atoms with Gasteiger partial charge in [0.25, 0.3) is 0 Å². The van der Waals surface area contributed by atoms with Crippen LogP contribution in [0.1, 0.15) is 45.2 Å². The number of pyridine rings is 1. The zero-order chi connectivity index (χ0) is 26.3. The van der Waals surface area contributed by atoms with E-state index in [-0.39, 0.29) is 11.2 Å². The van der Waals surface area contributed by atoms with Gasteiger partial charge in [-0.3, -0.25) is 4.98 Å². The number of halogens is 3. The standard InChI is InChI=1S/C21H24Cl2FN.C10H9N/c1-5-13-25(17-10-8-16(24)9-11-17)20(6-2)21(3,4)15-7-12-18(22)19(23)14-15;1-8-6-7-11-10-5-3-2-4-9(8)10/h6-12,14H,5,13H2,1-4H3;2-7H,1H3/b20-6-;. The number of hydrogen-bond donors (Lipinski definition) is 0. The summed E-state index contributed by atoms with van der Waals surface area (Å²) < 4.78 is 13.3. The van der Waals surface area contributed by atoms with Gasteiger partial charge in [-0.25, -0.2) is 4.39 Å². The lowest BCUT2D eigenvalue weighted by Gasteiger charge is -2.38. The quantitative estimate of drug-likeness (QED) is 0.250. The first kappa shape index (κ1) is 27.7. The average Bonchev–Trinajstić information content (AvgIpc) is 2.87. The summed E-state index contributed by atoms with van der Waals surface area (Å²) in [4.78, 5) is 6.48. The molecule has 4 aromatic rings. The molecule has 188 valence electrons. The predicted octanol–water partition coefficient (Wildman–Crippen LogP) is 9.77. The number of hydrogen-bond acceptors (Lipinski definition) is 2. The average molecular weight is 524 g/mol. The van der Waals surface area contributed by atoms with Gasteiger partial charge in [-0.15, -0.1) is 0 Å². The summed E-state index contributed by atoms with van der Waals surface area (Å²) in [5.41, 5.74) is 5.28. The molecule has 0 bridgehead atoms. The first-order valence-corrected chi connectivity index (χ1v) is 12.9. The molecule has 3 aromatic carbocycles. The second kappa shape index (κ2) is 12.4. The number of rotatable bonds is 6. The highest BCUT2D eigenvalue weighted by molar-refractivity contribution is 6.42. The van der Waals surface area contributed by atoms with E-state index in [9.17, 15) is 4.39 Å². The number of allylic oxidation sites excluding steroid dienone is 2. The van der Waals surface area contributed by atoms with Crippen molar-refractivity contribution in [1.29, 1.82) is 0 Å². The van der Waals surface area contributed by atoms with Crippen LogP contribution in [0.15, 0.2) is 90.8 Å². The number of para-hydroxylation sites is 1. The van der Waals surface area contributed by atoms with Crippen LogP contribution >= 0.6 is 23.2 Å². The molecule has 4 rings (SSSR count). The molecule has 0 atom stereocenters. The Hall–Kier alpha value is -2.88. The van der Waals surface area contributed by atoms with E-state index >= 15 is 0 Å². The normalized spacial score (nSPS) is 11.7. The Balaban J connectivity index is 0.000000270. The second-order valence-corrected chi connectivity index (χ2v) is 10.0. The van der Waals surface area contributed by atoms with Crippen molar-refractivity contribution in [2.75, 3.05) is 11.4 Å². The highest BCUT2D eigenvalue weighted by Gasteiger charge is 2.30. The van der Waals surface area contributed by atoms with Gasteiger partial charge in [0, 0.05) is 34.9 Å². The summed E-state index contributed by atoms with van der Waals surface area (Å²) in [6.07, 6.45) is 4.94. The van der Waals surface area contributed by atoms with Crippen molar-refractivity contribution in [1.82, 2.24) is 4.98 Å². The van der Waals surface area contributed by atoms with E-state index in [1.54, 1.807) is 0 Å². The van der Waals surface area contributed by atoms with Crippen molar-refractivity contribution in [2.24, 2.45) is 0 Å². The SMILES string of the molecule is C/C=C(\N(CCC)c1ccc(F)cc1)C(C)(C)c1ccc(Cl)c(Cl)c1.Cc1ccnc2ccccc12. The van der Waals surface area contributed by atoms with E-state index in [1.165, 1.54) is 23.1 Å². The van der Waals surface area contributed by atoms with Crippen LogP contribution in [0, 0.1) is 12.7 Å². The van der Waals surface area contributed by atoms with Gasteiger partial charge in [0.2, 0.25) is 0 Å². The van der Waals surface area contributed by atoms with Crippen LogP contribution in [0.3, 0.4) is 0 Å². The van der Waals surface area contributed by atoms with Crippen LogP contribution < -0.4 is 4.90 Å². The molecule has 0 aliphatic heterocycles. The number of benzene rings is 3. The van der Waals surface area contributed by atoms with Crippen molar-refractivity contribution in [3.05, 3.63) is 118 Å². The molecule has 0 fully saturated rings. The second-order valence-electron chi connectivity index (χ2n) is 9.20. The molecule has 0 spiro atoms. The Morgan fingerprint density at radius 3 is 2.28 bits per heavy atom. The van der Waals surface area contributed by atoms with Crippen LogP contribution in [-0.2, 0) is 5.41 Å². The van der Waals surface area contributed by atoms with Crippen molar-refractivity contribution in [2.45, 2.75) is 46.5 Å². The van der Waals surface area contributed by atoms with Gasteiger partial charge in [0.15, 0.2) is 0 Å². The minimum absolute atomic E-state index is 0.231. The van der Waals surface area contributed by atoms with Crippen molar-refractivity contribution >= 4 is 39.8 Å². The number of anilines is 1. The number of nitrogens with zero attached hydrogens (tertiary/aromatic N) is 2.